The van der Waals surface area contributed by atoms with Crippen LogP contribution in [0.2, 0.25) is 0 Å². The van der Waals surface area contributed by atoms with E-state index in [4.69, 9.17) is 5.21 Å². The Morgan fingerprint density at radius 3 is 2.62 bits per heavy atom. The van der Waals surface area contributed by atoms with E-state index < -0.39 is 17.9 Å². The van der Waals surface area contributed by atoms with E-state index in [0.717, 1.165) is 5.82 Å². The highest BCUT2D eigenvalue weighted by atomic mass is 16.5. The Hall–Kier alpha value is -2.19. The molecular formula is C18H28N4O4. The van der Waals surface area contributed by atoms with Crippen molar-refractivity contribution in [3.8, 4) is 0 Å². The number of aromatic nitrogens is 1. The number of carbonyl (C=O) groups excluding carboxylic acids is 2. The fraction of sp³-hybridized carbons (Fsp3) is 0.611. The number of pyridine rings is 1. The predicted octanol–water partition coefficient (Wildman–Crippen LogP) is 0.647. The molecule has 2 heterocycles. The van der Waals surface area contributed by atoms with Gasteiger partial charge in [0, 0.05) is 31.9 Å². The van der Waals surface area contributed by atoms with Crippen LogP contribution in [0, 0.1) is 11.8 Å². The highest BCUT2D eigenvalue weighted by Crippen LogP contribution is 2.23. The van der Waals surface area contributed by atoms with Gasteiger partial charge in [-0.25, -0.2) is 10.5 Å². The lowest BCUT2D eigenvalue weighted by atomic mass is 9.89. The van der Waals surface area contributed by atoms with Crippen molar-refractivity contribution in [2.24, 2.45) is 11.8 Å². The maximum absolute atomic E-state index is 13.0. The zero-order valence-electron chi connectivity index (χ0n) is 15.5. The van der Waals surface area contributed by atoms with E-state index in [1.54, 1.807) is 11.1 Å². The van der Waals surface area contributed by atoms with Crippen LogP contribution in [0.5, 0.6) is 0 Å². The number of anilines is 1. The number of hydroxylamine groups is 1. The van der Waals surface area contributed by atoms with E-state index in [-0.39, 0.29) is 17.9 Å². The summed E-state index contributed by atoms with van der Waals surface area (Å²) in [4.78, 5) is 32.8. The van der Waals surface area contributed by atoms with Gasteiger partial charge in [-0.2, -0.15) is 0 Å². The molecule has 2 amide bonds. The van der Waals surface area contributed by atoms with Crippen LogP contribution in [-0.2, 0) is 9.59 Å². The van der Waals surface area contributed by atoms with Gasteiger partial charge in [-0.1, -0.05) is 19.9 Å². The summed E-state index contributed by atoms with van der Waals surface area (Å²) in [5.74, 6) is -1.11. The molecule has 3 atom stereocenters. The molecule has 1 fully saturated rings. The topological polar surface area (TPSA) is 106 Å². The second-order valence-electron chi connectivity index (χ2n) is 7.17. The SMILES string of the molecule is CC(C)CC(C(=O)N1CCN(c2ccccn2)C[C@@H]1C)C(O)C(=O)NO. The van der Waals surface area contributed by atoms with E-state index >= 15 is 0 Å². The number of hydrogen-bond acceptors (Lipinski definition) is 6. The number of nitrogens with zero attached hydrogens (tertiary/aromatic N) is 3. The number of carbonyl (C=O) groups is 2. The average molecular weight is 364 g/mol. The molecule has 26 heavy (non-hydrogen) atoms. The largest absolute Gasteiger partial charge is 0.382 e. The summed E-state index contributed by atoms with van der Waals surface area (Å²) in [7, 11) is 0. The van der Waals surface area contributed by atoms with E-state index in [1.807, 2.05) is 39.0 Å². The van der Waals surface area contributed by atoms with Gasteiger partial charge < -0.3 is 14.9 Å². The van der Waals surface area contributed by atoms with Gasteiger partial charge in [-0.3, -0.25) is 14.8 Å². The Balaban J connectivity index is 2.10. The van der Waals surface area contributed by atoms with Gasteiger partial charge in [0.25, 0.3) is 5.91 Å². The third-order valence-corrected chi connectivity index (χ3v) is 4.69. The third-order valence-electron chi connectivity index (χ3n) is 4.69. The lowest BCUT2D eigenvalue weighted by Gasteiger charge is -2.42. The van der Waals surface area contributed by atoms with E-state index in [2.05, 4.69) is 9.88 Å². The van der Waals surface area contributed by atoms with Crippen LogP contribution >= 0.6 is 0 Å². The summed E-state index contributed by atoms with van der Waals surface area (Å²) in [6.07, 6.45) is 0.525. The van der Waals surface area contributed by atoms with Gasteiger partial charge in [0.2, 0.25) is 5.91 Å². The highest BCUT2D eigenvalue weighted by Gasteiger charge is 2.38. The summed E-state index contributed by atoms with van der Waals surface area (Å²) in [6.45, 7) is 7.53. The molecule has 0 spiro atoms. The first kappa shape index (κ1) is 20.1. The number of amides is 2. The van der Waals surface area contributed by atoms with Crippen LogP contribution in [0.25, 0.3) is 0 Å². The number of aliphatic hydroxyl groups is 1. The second-order valence-corrected chi connectivity index (χ2v) is 7.17. The first-order valence-corrected chi connectivity index (χ1v) is 8.93. The molecule has 3 N–H and O–H groups in total. The van der Waals surface area contributed by atoms with Crippen LogP contribution in [0.1, 0.15) is 27.2 Å². The molecule has 0 radical (unpaired) electrons. The van der Waals surface area contributed by atoms with Crippen LogP contribution in [-0.4, -0.2) is 63.8 Å². The van der Waals surface area contributed by atoms with Crippen molar-refractivity contribution < 1.29 is 19.9 Å². The van der Waals surface area contributed by atoms with Crippen molar-refractivity contribution in [2.45, 2.75) is 39.3 Å². The Kier molecular flexibility index (Phi) is 6.93. The van der Waals surface area contributed by atoms with Crippen LogP contribution in [0.3, 0.4) is 0 Å². The molecule has 8 nitrogen and oxygen atoms in total. The summed E-state index contributed by atoms with van der Waals surface area (Å²) in [5, 5.41) is 19.0. The van der Waals surface area contributed by atoms with Gasteiger partial charge >= 0.3 is 0 Å². The van der Waals surface area contributed by atoms with E-state index in [9.17, 15) is 14.7 Å². The van der Waals surface area contributed by atoms with Crippen LogP contribution in [0.4, 0.5) is 5.82 Å². The summed E-state index contributed by atoms with van der Waals surface area (Å²) < 4.78 is 0. The summed E-state index contributed by atoms with van der Waals surface area (Å²) in [6, 6.07) is 5.63. The molecule has 0 bridgehead atoms. The van der Waals surface area contributed by atoms with Crippen molar-refractivity contribution in [3.63, 3.8) is 0 Å². The number of nitrogens with one attached hydrogen (secondary N) is 1. The zero-order valence-corrected chi connectivity index (χ0v) is 15.5. The predicted molar refractivity (Wildman–Crippen MR) is 96.5 cm³/mol. The molecule has 2 rings (SSSR count). The molecule has 1 saturated heterocycles. The lowest BCUT2D eigenvalue weighted by Crippen LogP contribution is -2.57. The Morgan fingerprint density at radius 2 is 2.08 bits per heavy atom. The molecule has 0 saturated carbocycles. The Labute approximate surface area is 153 Å². The molecule has 8 heteroatoms. The maximum Gasteiger partial charge on any atom is 0.272 e. The van der Waals surface area contributed by atoms with Crippen molar-refractivity contribution in [1.82, 2.24) is 15.4 Å². The second kappa shape index (κ2) is 8.95. The van der Waals surface area contributed by atoms with Crippen molar-refractivity contribution in [2.75, 3.05) is 24.5 Å². The van der Waals surface area contributed by atoms with Gasteiger partial charge in [-0.05, 0) is 31.4 Å². The highest BCUT2D eigenvalue weighted by molar-refractivity contribution is 5.89. The van der Waals surface area contributed by atoms with Gasteiger partial charge in [0.15, 0.2) is 0 Å². The number of rotatable bonds is 6. The molecule has 1 aromatic heterocycles. The third kappa shape index (κ3) is 4.70. The lowest BCUT2D eigenvalue weighted by molar-refractivity contribution is -0.152. The van der Waals surface area contributed by atoms with Gasteiger partial charge in [0.05, 0.1) is 5.92 Å². The maximum atomic E-state index is 13.0. The molecule has 144 valence electrons. The van der Waals surface area contributed by atoms with E-state index in [0.29, 0.717) is 26.1 Å². The Bertz CT molecular complexity index is 610. The van der Waals surface area contributed by atoms with Crippen LogP contribution < -0.4 is 10.4 Å². The monoisotopic (exact) mass is 364 g/mol. The number of piperazine rings is 1. The first-order valence-electron chi connectivity index (χ1n) is 8.93. The summed E-state index contributed by atoms with van der Waals surface area (Å²) >= 11 is 0. The minimum atomic E-state index is -1.57. The van der Waals surface area contributed by atoms with Crippen molar-refractivity contribution >= 4 is 17.6 Å². The number of hydrogen-bond donors (Lipinski definition) is 3. The van der Waals surface area contributed by atoms with Crippen molar-refractivity contribution in [3.05, 3.63) is 24.4 Å². The normalized spacial score (nSPS) is 20.0. The van der Waals surface area contributed by atoms with Gasteiger partial charge in [-0.15, -0.1) is 0 Å². The standard InChI is InChI=1S/C18H28N4O4/c1-12(2)10-14(16(23)17(24)20-26)18(25)22-9-8-21(11-13(22)3)15-6-4-5-7-19-15/h4-7,12-14,16,23,26H,8-11H2,1-3H3,(H,20,24)/t13-,14?,16?/m0/s1. The molecule has 1 aliphatic heterocycles. The molecule has 2 unspecified atom stereocenters. The van der Waals surface area contributed by atoms with E-state index in [1.165, 1.54) is 5.48 Å². The fourth-order valence-corrected chi connectivity index (χ4v) is 3.37. The summed E-state index contributed by atoms with van der Waals surface area (Å²) in [5.41, 5.74) is 1.44. The fourth-order valence-electron chi connectivity index (χ4n) is 3.37. The quantitative estimate of drug-likeness (QED) is 0.505. The molecule has 1 aliphatic rings. The molecule has 1 aromatic rings. The minimum absolute atomic E-state index is 0.0858. The molecular weight excluding hydrogens is 336 g/mol. The van der Waals surface area contributed by atoms with Crippen LogP contribution in [0.15, 0.2) is 24.4 Å². The zero-order chi connectivity index (χ0) is 19.3. The average Bonchev–Trinajstić information content (AvgIpc) is 2.64. The van der Waals surface area contributed by atoms with Gasteiger partial charge in [0.1, 0.15) is 11.9 Å². The minimum Gasteiger partial charge on any atom is -0.382 e. The smallest absolute Gasteiger partial charge is 0.272 e. The number of aliphatic hydroxyl groups excluding tert-OH is 1. The first-order chi connectivity index (χ1) is 12.3. The Morgan fingerprint density at radius 1 is 1.35 bits per heavy atom. The molecule has 0 aromatic carbocycles. The molecule has 0 aliphatic carbocycles. The van der Waals surface area contributed by atoms with Crippen molar-refractivity contribution in [1.29, 1.82) is 0 Å².